The maximum Gasteiger partial charge on any atom is 0.255 e. The van der Waals surface area contributed by atoms with Crippen LogP contribution < -0.4 is 10.1 Å². The molecule has 0 saturated heterocycles. The normalized spacial score (nSPS) is 16.4. The van der Waals surface area contributed by atoms with Crippen LogP contribution in [0.1, 0.15) is 72.4 Å². The average molecular weight is 341 g/mol. The van der Waals surface area contributed by atoms with Crippen molar-refractivity contribution in [2.75, 3.05) is 6.61 Å². The molecule has 1 aliphatic heterocycles. The molecule has 0 aliphatic carbocycles. The summed E-state index contributed by atoms with van der Waals surface area (Å²) >= 11 is 0. The lowest BCUT2D eigenvalue weighted by atomic mass is 9.97. The van der Waals surface area contributed by atoms with E-state index < -0.39 is 0 Å². The van der Waals surface area contributed by atoms with Crippen LogP contribution in [-0.4, -0.2) is 22.3 Å². The average Bonchev–Trinajstić information content (AvgIpc) is 2.99. The predicted octanol–water partition coefficient (Wildman–Crippen LogP) is 4.11. The van der Waals surface area contributed by atoms with Gasteiger partial charge in [0.05, 0.1) is 30.5 Å². The minimum atomic E-state index is -0.0611. The molecule has 0 unspecified atom stereocenters. The van der Waals surface area contributed by atoms with E-state index in [-0.39, 0.29) is 11.9 Å². The molecule has 2 heterocycles. The molecule has 1 aliphatic rings. The van der Waals surface area contributed by atoms with Crippen molar-refractivity contribution in [1.82, 2.24) is 15.1 Å². The van der Waals surface area contributed by atoms with Gasteiger partial charge in [-0.3, -0.25) is 9.48 Å². The van der Waals surface area contributed by atoms with Gasteiger partial charge in [-0.1, -0.05) is 32.0 Å². The van der Waals surface area contributed by atoms with Crippen LogP contribution in [0.15, 0.2) is 24.4 Å². The third-order valence-electron chi connectivity index (χ3n) is 5.15. The molecule has 5 heteroatoms. The molecular formula is C20H27N3O2. The minimum Gasteiger partial charge on any atom is -0.493 e. The SMILES string of the molecule is CCC(CC)n1ncc(C(=O)N[C@@H]2CCOc3c(C)cccc32)c1C. The summed E-state index contributed by atoms with van der Waals surface area (Å²) in [6, 6.07) is 6.40. The highest BCUT2D eigenvalue weighted by atomic mass is 16.5. The second-order valence-electron chi connectivity index (χ2n) is 6.71. The minimum absolute atomic E-state index is 0.0213. The van der Waals surface area contributed by atoms with E-state index in [1.165, 1.54) is 0 Å². The largest absolute Gasteiger partial charge is 0.493 e. The number of amides is 1. The van der Waals surface area contributed by atoms with Gasteiger partial charge in [0, 0.05) is 17.7 Å². The summed E-state index contributed by atoms with van der Waals surface area (Å²) in [5.74, 6) is 0.845. The second-order valence-corrected chi connectivity index (χ2v) is 6.71. The molecule has 5 nitrogen and oxygen atoms in total. The summed E-state index contributed by atoms with van der Waals surface area (Å²) < 4.78 is 7.78. The van der Waals surface area contributed by atoms with Gasteiger partial charge in [-0.05, 0) is 32.3 Å². The summed E-state index contributed by atoms with van der Waals surface area (Å²) in [6.45, 7) is 8.93. The van der Waals surface area contributed by atoms with E-state index in [0.717, 1.165) is 41.8 Å². The first-order valence-corrected chi connectivity index (χ1v) is 9.14. The molecule has 0 radical (unpaired) electrons. The zero-order chi connectivity index (χ0) is 18.0. The number of nitrogens with zero attached hydrogens (tertiary/aromatic N) is 2. The van der Waals surface area contributed by atoms with Crippen molar-refractivity contribution in [1.29, 1.82) is 0 Å². The van der Waals surface area contributed by atoms with Crippen molar-refractivity contribution in [3.63, 3.8) is 0 Å². The number of rotatable bonds is 5. The van der Waals surface area contributed by atoms with Crippen molar-refractivity contribution in [2.24, 2.45) is 0 Å². The topological polar surface area (TPSA) is 56.2 Å². The maximum absolute atomic E-state index is 12.8. The van der Waals surface area contributed by atoms with Crippen molar-refractivity contribution in [3.8, 4) is 5.75 Å². The molecule has 0 bridgehead atoms. The maximum atomic E-state index is 12.8. The lowest BCUT2D eigenvalue weighted by Gasteiger charge is -2.27. The molecule has 3 rings (SSSR count). The Bertz CT molecular complexity index is 762. The number of aryl methyl sites for hydroxylation is 1. The van der Waals surface area contributed by atoms with E-state index in [2.05, 4.69) is 24.3 Å². The van der Waals surface area contributed by atoms with E-state index >= 15 is 0 Å². The van der Waals surface area contributed by atoms with Crippen molar-refractivity contribution in [3.05, 3.63) is 46.8 Å². The molecule has 1 aromatic carbocycles. The Morgan fingerprint density at radius 2 is 2.12 bits per heavy atom. The first kappa shape index (κ1) is 17.5. The number of nitrogens with one attached hydrogen (secondary N) is 1. The van der Waals surface area contributed by atoms with E-state index in [9.17, 15) is 4.79 Å². The molecule has 0 spiro atoms. The highest BCUT2D eigenvalue weighted by molar-refractivity contribution is 5.95. The summed E-state index contributed by atoms with van der Waals surface area (Å²) in [4.78, 5) is 12.8. The summed E-state index contributed by atoms with van der Waals surface area (Å²) in [5, 5.41) is 7.64. The van der Waals surface area contributed by atoms with Gasteiger partial charge >= 0.3 is 0 Å². The van der Waals surface area contributed by atoms with E-state index in [1.54, 1.807) is 6.20 Å². The number of carbonyl (C=O) groups excluding carboxylic acids is 1. The summed E-state index contributed by atoms with van der Waals surface area (Å²) in [6.07, 6.45) is 4.49. The summed E-state index contributed by atoms with van der Waals surface area (Å²) in [7, 11) is 0. The predicted molar refractivity (Wildman–Crippen MR) is 98.1 cm³/mol. The van der Waals surface area contributed by atoms with Crippen LogP contribution in [0, 0.1) is 13.8 Å². The Labute approximate surface area is 149 Å². The quantitative estimate of drug-likeness (QED) is 0.890. The van der Waals surface area contributed by atoms with Crippen molar-refractivity contribution >= 4 is 5.91 Å². The van der Waals surface area contributed by atoms with Gasteiger partial charge < -0.3 is 10.1 Å². The first-order chi connectivity index (χ1) is 12.1. The van der Waals surface area contributed by atoms with Crippen LogP contribution in [0.5, 0.6) is 5.75 Å². The van der Waals surface area contributed by atoms with Gasteiger partial charge in [0.25, 0.3) is 5.91 Å². The fraction of sp³-hybridized carbons (Fsp3) is 0.500. The molecule has 1 atom stereocenters. The van der Waals surface area contributed by atoms with Gasteiger partial charge in [0.1, 0.15) is 5.75 Å². The van der Waals surface area contributed by atoms with Crippen molar-refractivity contribution < 1.29 is 9.53 Å². The molecule has 25 heavy (non-hydrogen) atoms. The van der Waals surface area contributed by atoms with Crippen LogP contribution in [0.25, 0.3) is 0 Å². The summed E-state index contributed by atoms with van der Waals surface area (Å²) in [5.41, 5.74) is 3.76. The fourth-order valence-electron chi connectivity index (χ4n) is 3.62. The van der Waals surface area contributed by atoms with Crippen LogP contribution in [0.3, 0.4) is 0 Å². The van der Waals surface area contributed by atoms with Crippen LogP contribution in [0.2, 0.25) is 0 Å². The highest BCUT2D eigenvalue weighted by Crippen LogP contribution is 2.34. The van der Waals surface area contributed by atoms with E-state index in [0.29, 0.717) is 18.2 Å². The fourth-order valence-corrected chi connectivity index (χ4v) is 3.62. The monoisotopic (exact) mass is 341 g/mol. The lowest BCUT2D eigenvalue weighted by molar-refractivity contribution is 0.0923. The number of aromatic nitrogens is 2. The van der Waals surface area contributed by atoms with Gasteiger partial charge in [-0.25, -0.2) is 0 Å². The molecule has 0 fully saturated rings. The molecule has 1 aromatic heterocycles. The first-order valence-electron chi connectivity index (χ1n) is 9.14. The number of hydrogen-bond donors (Lipinski definition) is 1. The molecule has 0 saturated carbocycles. The standard InChI is InChI=1S/C20H27N3O2/c1-5-15(6-2)23-14(4)17(12-21-23)20(24)22-18-10-11-25-19-13(3)8-7-9-16(18)19/h7-9,12,15,18H,5-6,10-11H2,1-4H3,(H,22,24)/t18-/m1/s1. The molecular weight excluding hydrogens is 314 g/mol. The van der Waals surface area contributed by atoms with Crippen LogP contribution >= 0.6 is 0 Å². The van der Waals surface area contributed by atoms with Gasteiger partial charge in [0.2, 0.25) is 0 Å². The number of carbonyl (C=O) groups is 1. The number of fused-ring (bicyclic) bond motifs is 1. The van der Waals surface area contributed by atoms with Gasteiger partial charge in [0.15, 0.2) is 0 Å². The van der Waals surface area contributed by atoms with E-state index in [1.807, 2.05) is 36.7 Å². The Balaban J connectivity index is 1.82. The Hall–Kier alpha value is -2.30. The Morgan fingerprint density at radius 3 is 2.84 bits per heavy atom. The third-order valence-corrected chi connectivity index (χ3v) is 5.15. The van der Waals surface area contributed by atoms with E-state index in [4.69, 9.17) is 4.74 Å². The van der Waals surface area contributed by atoms with Crippen LogP contribution in [0.4, 0.5) is 0 Å². The Kier molecular flexibility index (Phi) is 5.11. The molecule has 134 valence electrons. The molecule has 1 amide bonds. The smallest absolute Gasteiger partial charge is 0.255 e. The third kappa shape index (κ3) is 3.28. The highest BCUT2D eigenvalue weighted by Gasteiger charge is 2.26. The van der Waals surface area contributed by atoms with Gasteiger partial charge in [-0.2, -0.15) is 5.10 Å². The number of hydrogen-bond acceptors (Lipinski definition) is 3. The zero-order valence-electron chi connectivity index (χ0n) is 15.5. The molecule has 2 aromatic rings. The molecule has 1 N–H and O–H groups in total. The Morgan fingerprint density at radius 1 is 1.36 bits per heavy atom. The zero-order valence-corrected chi connectivity index (χ0v) is 15.5. The van der Waals surface area contributed by atoms with Crippen molar-refractivity contribution in [2.45, 2.75) is 59.0 Å². The van der Waals surface area contributed by atoms with Crippen LogP contribution in [-0.2, 0) is 0 Å². The second kappa shape index (κ2) is 7.30. The number of benzene rings is 1. The lowest BCUT2D eigenvalue weighted by Crippen LogP contribution is -2.32. The van der Waals surface area contributed by atoms with Gasteiger partial charge in [-0.15, -0.1) is 0 Å². The number of para-hydroxylation sites is 1. The number of ether oxygens (including phenoxy) is 1.